The molecule has 19 heavy (non-hydrogen) atoms. The molecular formula is C14H21NO4. The summed E-state index contributed by atoms with van der Waals surface area (Å²) in [5.41, 5.74) is 0. The van der Waals surface area contributed by atoms with Crippen LogP contribution in [-0.4, -0.2) is 46.7 Å². The maximum Gasteiger partial charge on any atom is 0.307 e. The molecule has 2 N–H and O–H groups in total. The highest BCUT2D eigenvalue weighted by atomic mass is 16.4. The third kappa shape index (κ3) is 3.15. The van der Waals surface area contributed by atoms with Gasteiger partial charge in [0.05, 0.1) is 11.8 Å². The molecule has 0 aromatic heterocycles. The Morgan fingerprint density at radius 2 is 1.89 bits per heavy atom. The van der Waals surface area contributed by atoms with Gasteiger partial charge in [0.1, 0.15) is 0 Å². The van der Waals surface area contributed by atoms with Crippen LogP contribution in [0, 0.1) is 17.8 Å². The summed E-state index contributed by atoms with van der Waals surface area (Å²) in [6, 6.07) is 0. The highest BCUT2D eigenvalue weighted by molar-refractivity contribution is 5.85. The largest absolute Gasteiger partial charge is 0.481 e. The molecule has 1 heterocycles. The Bertz CT molecular complexity index is 380. The number of nitrogens with zero attached hydrogens (tertiary/aromatic N) is 1. The highest BCUT2D eigenvalue weighted by Crippen LogP contribution is 2.29. The number of likely N-dealkylation sites (tertiary alicyclic amines) is 1. The summed E-state index contributed by atoms with van der Waals surface area (Å²) >= 11 is 0. The monoisotopic (exact) mass is 267 g/mol. The second-order valence-electron chi connectivity index (χ2n) is 5.47. The molecule has 1 saturated heterocycles. The van der Waals surface area contributed by atoms with Crippen molar-refractivity contribution >= 4 is 11.9 Å². The average Bonchev–Trinajstić information content (AvgIpc) is 2.46. The summed E-state index contributed by atoms with van der Waals surface area (Å²) in [5, 5.41) is 18.4. The molecule has 0 saturated carbocycles. The number of hydrogen-bond donors (Lipinski definition) is 2. The zero-order valence-corrected chi connectivity index (χ0v) is 11.0. The fourth-order valence-corrected chi connectivity index (χ4v) is 3.01. The molecule has 1 fully saturated rings. The van der Waals surface area contributed by atoms with E-state index in [0.717, 1.165) is 12.8 Å². The number of carbonyl (C=O) groups is 2. The molecule has 5 nitrogen and oxygen atoms in total. The minimum atomic E-state index is -0.890. The van der Waals surface area contributed by atoms with E-state index in [2.05, 4.69) is 0 Å². The number of hydrogen-bond acceptors (Lipinski definition) is 3. The molecule has 3 atom stereocenters. The number of allylic oxidation sites excluding steroid dienone is 2. The Morgan fingerprint density at radius 1 is 1.21 bits per heavy atom. The van der Waals surface area contributed by atoms with Crippen LogP contribution in [0.15, 0.2) is 12.2 Å². The zero-order valence-electron chi connectivity index (χ0n) is 11.0. The smallest absolute Gasteiger partial charge is 0.307 e. The number of aliphatic hydroxyl groups is 1. The van der Waals surface area contributed by atoms with E-state index in [1.54, 1.807) is 4.90 Å². The lowest BCUT2D eigenvalue weighted by Crippen LogP contribution is -2.46. The van der Waals surface area contributed by atoms with Gasteiger partial charge in [-0.25, -0.2) is 0 Å². The molecule has 5 heteroatoms. The first-order valence-corrected chi connectivity index (χ1v) is 6.91. The first kappa shape index (κ1) is 14.1. The maximum atomic E-state index is 12.5. The van der Waals surface area contributed by atoms with Crippen molar-refractivity contribution in [2.45, 2.75) is 25.7 Å². The van der Waals surface area contributed by atoms with Crippen molar-refractivity contribution in [2.75, 3.05) is 19.7 Å². The minimum Gasteiger partial charge on any atom is -0.481 e. The van der Waals surface area contributed by atoms with Crippen molar-refractivity contribution in [3.8, 4) is 0 Å². The second-order valence-corrected chi connectivity index (χ2v) is 5.47. The lowest BCUT2D eigenvalue weighted by Gasteiger charge is -2.36. The Balaban J connectivity index is 2.05. The normalized spacial score (nSPS) is 31.2. The van der Waals surface area contributed by atoms with Crippen LogP contribution in [0.25, 0.3) is 0 Å². The van der Waals surface area contributed by atoms with Gasteiger partial charge in [0.25, 0.3) is 0 Å². The van der Waals surface area contributed by atoms with Crippen molar-refractivity contribution in [3.05, 3.63) is 12.2 Å². The molecule has 0 spiro atoms. The van der Waals surface area contributed by atoms with Crippen LogP contribution < -0.4 is 0 Å². The summed E-state index contributed by atoms with van der Waals surface area (Å²) < 4.78 is 0. The number of amides is 1. The van der Waals surface area contributed by atoms with Crippen LogP contribution in [0.5, 0.6) is 0 Å². The predicted molar refractivity (Wildman–Crippen MR) is 69.4 cm³/mol. The molecule has 106 valence electrons. The quantitative estimate of drug-likeness (QED) is 0.744. The zero-order chi connectivity index (χ0) is 13.8. The lowest BCUT2D eigenvalue weighted by molar-refractivity contribution is -0.151. The molecule has 0 bridgehead atoms. The van der Waals surface area contributed by atoms with Crippen molar-refractivity contribution in [1.29, 1.82) is 0 Å². The van der Waals surface area contributed by atoms with Crippen molar-refractivity contribution in [1.82, 2.24) is 4.90 Å². The molecule has 2 rings (SSSR count). The number of carboxylic acid groups (broad SMARTS) is 1. The summed E-state index contributed by atoms with van der Waals surface area (Å²) in [6.45, 7) is 1.33. The van der Waals surface area contributed by atoms with E-state index in [-0.39, 0.29) is 18.4 Å². The highest BCUT2D eigenvalue weighted by Gasteiger charge is 2.37. The molecular weight excluding hydrogens is 246 g/mol. The van der Waals surface area contributed by atoms with Gasteiger partial charge in [-0.2, -0.15) is 0 Å². The third-order valence-corrected chi connectivity index (χ3v) is 4.16. The van der Waals surface area contributed by atoms with Crippen molar-refractivity contribution < 1.29 is 19.8 Å². The van der Waals surface area contributed by atoms with E-state index in [4.69, 9.17) is 0 Å². The Labute approximate surface area is 112 Å². The fraction of sp³-hybridized carbons (Fsp3) is 0.714. The van der Waals surface area contributed by atoms with E-state index < -0.39 is 17.8 Å². The molecule has 1 unspecified atom stereocenters. The second kappa shape index (κ2) is 6.19. The van der Waals surface area contributed by atoms with Gasteiger partial charge in [-0.1, -0.05) is 12.2 Å². The molecule has 0 aromatic rings. The number of carboxylic acids is 1. The first-order valence-electron chi connectivity index (χ1n) is 6.91. The van der Waals surface area contributed by atoms with E-state index in [9.17, 15) is 19.8 Å². The number of carbonyl (C=O) groups excluding carboxylic acids is 1. The maximum absolute atomic E-state index is 12.5. The molecule has 1 aliphatic heterocycles. The standard InChI is InChI=1S/C14H21NO4/c16-9-10-4-3-7-15(8-10)13(17)11-5-1-2-6-12(11)14(18)19/h1-2,10-12,16H,3-9H2,(H,18,19)/t10?,11-,12+/m1/s1. The molecule has 0 radical (unpaired) electrons. The third-order valence-electron chi connectivity index (χ3n) is 4.16. The molecule has 0 aromatic carbocycles. The lowest BCUT2D eigenvalue weighted by atomic mass is 9.81. The van der Waals surface area contributed by atoms with E-state index in [1.165, 1.54) is 0 Å². The van der Waals surface area contributed by atoms with Crippen LogP contribution in [0.4, 0.5) is 0 Å². The van der Waals surface area contributed by atoms with Gasteiger partial charge in [-0.3, -0.25) is 9.59 Å². The first-order chi connectivity index (χ1) is 9.13. The van der Waals surface area contributed by atoms with Gasteiger partial charge in [0.15, 0.2) is 0 Å². The summed E-state index contributed by atoms with van der Waals surface area (Å²) in [7, 11) is 0. The van der Waals surface area contributed by atoms with Crippen LogP contribution in [0.2, 0.25) is 0 Å². The Hall–Kier alpha value is -1.36. The van der Waals surface area contributed by atoms with Gasteiger partial charge >= 0.3 is 5.97 Å². The molecule has 2 aliphatic rings. The van der Waals surface area contributed by atoms with E-state index >= 15 is 0 Å². The van der Waals surface area contributed by atoms with Gasteiger partial charge in [0.2, 0.25) is 5.91 Å². The summed E-state index contributed by atoms with van der Waals surface area (Å²) in [4.78, 5) is 25.4. The van der Waals surface area contributed by atoms with Gasteiger partial charge in [-0.05, 0) is 31.6 Å². The summed E-state index contributed by atoms with van der Waals surface area (Å²) in [6.07, 6.45) is 6.51. The Morgan fingerprint density at radius 3 is 2.53 bits per heavy atom. The average molecular weight is 267 g/mol. The van der Waals surface area contributed by atoms with Gasteiger partial charge < -0.3 is 15.1 Å². The topological polar surface area (TPSA) is 77.8 Å². The number of aliphatic hydroxyl groups excluding tert-OH is 1. The molecule has 1 aliphatic carbocycles. The van der Waals surface area contributed by atoms with Crippen molar-refractivity contribution in [2.24, 2.45) is 17.8 Å². The SMILES string of the molecule is O=C(O)[C@H]1CC=CC[C@H]1C(=O)N1CCCC(CO)C1. The summed E-state index contributed by atoms with van der Waals surface area (Å²) in [5.74, 6) is -1.86. The fourth-order valence-electron chi connectivity index (χ4n) is 3.01. The van der Waals surface area contributed by atoms with Crippen molar-refractivity contribution in [3.63, 3.8) is 0 Å². The Kier molecular flexibility index (Phi) is 4.58. The number of rotatable bonds is 3. The van der Waals surface area contributed by atoms with Crippen LogP contribution >= 0.6 is 0 Å². The van der Waals surface area contributed by atoms with Gasteiger partial charge in [0, 0.05) is 19.7 Å². The van der Waals surface area contributed by atoms with E-state index in [1.807, 2.05) is 12.2 Å². The number of piperidine rings is 1. The van der Waals surface area contributed by atoms with Crippen LogP contribution in [0.3, 0.4) is 0 Å². The van der Waals surface area contributed by atoms with Crippen LogP contribution in [0.1, 0.15) is 25.7 Å². The number of aliphatic carboxylic acids is 1. The van der Waals surface area contributed by atoms with Gasteiger partial charge in [-0.15, -0.1) is 0 Å². The predicted octanol–water partition coefficient (Wildman–Crippen LogP) is 0.884. The molecule has 1 amide bonds. The van der Waals surface area contributed by atoms with Crippen LogP contribution in [-0.2, 0) is 9.59 Å². The minimum absolute atomic E-state index is 0.0603. The van der Waals surface area contributed by atoms with E-state index in [0.29, 0.717) is 25.9 Å².